The number of aromatic nitrogens is 2. The van der Waals surface area contributed by atoms with Crippen LogP contribution in [0, 0.1) is 6.92 Å². The van der Waals surface area contributed by atoms with Gasteiger partial charge in [-0.25, -0.2) is 4.98 Å². The van der Waals surface area contributed by atoms with Crippen molar-refractivity contribution in [1.82, 2.24) is 15.3 Å². The van der Waals surface area contributed by atoms with Crippen LogP contribution in [0.25, 0.3) is 0 Å². The number of aryl methyl sites for hydroxylation is 1. The zero-order valence-corrected chi connectivity index (χ0v) is 14.8. The first kappa shape index (κ1) is 16.9. The minimum absolute atomic E-state index is 0.00419. The predicted octanol–water partition coefficient (Wildman–Crippen LogP) is 3.88. The van der Waals surface area contributed by atoms with Crippen LogP contribution in [-0.4, -0.2) is 21.9 Å². The average Bonchev–Trinajstić information content (AvgIpc) is 2.79. The number of carbonyl (C=O) groups excluding carboxylic acids is 1. The molecule has 1 aliphatic carbocycles. The molecule has 0 bridgehead atoms. The summed E-state index contributed by atoms with van der Waals surface area (Å²) in [7, 11) is 0. The summed E-state index contributed by atoms with van der Waals surface area (Å²) in [6, 6.07) is 3.98. The lowest BCUT2D eigenvalue weighted by atomic mass is 10.1. The number of carbonyl (C=O) groups is 1. The van der Waals surface area contributed by atoms with Gasteiger partial charge in [0.05, 0.1) is 11.9 Å². The first-order chi connectivity index (χ1) is 11.7. The quantitative estimate of drug-likeness (QED) is 0.835. The van der Waals surface area contributed by atoms with Gasteiger partial charge in [0, 0.05) is 12.2 Å². The fourth-order valence-electron chi connectivity index (χ4n) is 2.98. The molecule has 2 heterocycles. The molecule has 2 aromatic rings. The highest BCUT2D eigenvalue weighted by Gasteiger charge is 2.20. The van der Waals surface area contributed by atoms with Gasteiger partial charge in [-0.2, -0.15) is 0 Å². The highest BCUT2D eigenvalue weighted by molar-refractivity contribution is 7.13. The molecule has 0 radical (unpaired) electrons. The Morgan fingerprint density at radius 3 is 2.83 bits per heavy atom. The predicted molar refractivity (Wildman–Crippen MR) is 94.4 cm³/mol. The maximum absolute atomic E-state index is 12.5. The van der Waals surface area contributed by atoms with Crippen LogP contribution in [0.4, 0.5) is 0 Å². The highest BCUT2D eigenvalue weighted by Crippen LogP contribution is 2.22. The Balaban J connectivity index is 1.59. The molecule has 0 aromatic carbocycles. The largest absolute Gasteiger partial charge is 0.485 e. The SMILES string of the molecule is Cc1nc(COc2cccnc2)sc1C(=O)NC1CCCCCC1. The van der Waals surface area contributed by atoms with Crippen molar-refractivity contribution in [2.75, 3.05) is 0 Å². The van der Waals surface area contributed by atoms with Gasteiger partial charge in [0.25, 0.3) is 5.91 Å². The zero-order chi connectivity index (χ0) is 16.8. The summed E-state index contributed by atoms with van der Waals surface area (Å²) in [5.41, 5.74) is 0.774. The van der Waals surface area contributed by atoms with E-state index >= 15 is 0 Å². The van der Waals surface area contributed by atoms with Crippen molar-refractivity contribution >= 4 is 17.2 Å². The van der Waals surface area contributed by atoms with Gasteiger partial charge in [-0.05, 0) is 31.9 Å². The average molecular weight is 345 g/mol. The Labute approximate surface area is 146 Å². The minimum atomic E-state index is 0.00419. The van der Waals surface area contributed by atoms with Crippen LogP contribution in [0.15, 0.2) is 24.5 Å². The molecule has 24 heavy (non-hydrogen) atoms. The lowest BCUT2D eigenvalue weighted by Gasteiger charge is -2.15. The number of hydrogen-bond acceptors (Lipinski definition) is 5. The molecule has 0 unspecified atom stereocenters. The monoisotopic (exact) mass is 345 g/mol. The standard InChI is InChI=1S/C18H23N3O2S/c1-13-17(18(22)21-14-7-4-2-3-5-8-14)24-16(20-13)12-23-15-9-6-10-19-11-15/h6,9-11,14H,2-5,7-8,12H2,1H3,(H,21,22). The van der Waals surface area contributed by atoms with Crippen molar-refractivity contribution in [3.8, 4) is 5.75 Å². The number of hydrogen-bond donors (Lipinski definition) is 1. The van der Waals surface area contributed by atoms with Crippen LogP contribution in [0.1, 0.15) is 58.9 Å². The lowest BCUT2D eigenvalue weighted by Crippen LogP contribution is -2.34. The summed E-state index contributed by atoms with van der Waals surface area (Å²) in [5, 5.41) is 3.99. The molecule has 0 atom stereocenters. The minimum Gasteiger partial charge on any atom is -0.485 e. The van der Waals surface area contributed by atoms with E-state index in [0.717, 1.165) is 23.5 Å². The van der Waals surface area contributed by atoms with E-state index < -0.39 is 0 Å². The summed E-state index contributed by atoms with van der Waals surface area (Å²) >= 11 is 1.41. The van der Waals surface area contributed by atoms with Crippen LogP contribution in [0.3, 0.4) is 0 Å². The van der Waals surface area contributed by atoms with Crippen molar-refractivity contribution in [3.63, 3.8) is 0 Å². The van der Waals surface area contributed by atoms with E-state index in [1.165, 1.54) is 37.0 Å². The van der Waals surface area contributed by atoms with Gasteiger partial charge in [-0.1, -0.05) is 25.7 Å². The van der Waals surface area contributed by atoms with Gasteiger partial charge in [-0.3, -0.25) is 9.78 Å². The Kier molecular flexibility index (Phi) is 5.80. The van der Waals surface area contributed by atoms with E-state index in [1.807, 2.05) is 19.1 Å². The first-order valence-electron chi connectivity index (χ1n) is 8.52. The number of nitrogens with one attached hydrogen (secondary N) is 1. The number of ether oxygens (including phenoxy) is 1. The topological polar surface area (TPSA) is 64.1 Å². The van der Waals surface area contributed by atoms with Crippen LogP contribution in [0.5, 0.6) is 5.75 Å². The molecule has 6 heteroatoms. The van der Waals surface area contributed by atoms with Gasteiger partial charge in [0.15, 0.2) is 0 Å². The van der Waals surface area contributed by atoms with E-state index in [2.05, 4.69) is 15.3 Å². The Hall–Kier alpha value is -1.95. The van der Waals surface area contributed by atoms with Gasteiger partial charge in [0.1, 0.15) is 22.2 Å². The van der Waals surface area contributed by atoms with Gasteiger partial charge >= 0.3 is 0 Å². The second kappa shape index (κ2) is 8.24. The van der Waals surface area contributed by atoms with Crippen LogP contribution < -0.4 is 10.1 Å². The number of amides is 1. The van der Waals surface area contributed by atoms with E-state index in [4.69, 9.17) is 4.74 Å². The molecule has 3 rings (SSSR count). The molecule has 2 aromatic heterocycles. The normalized spacial score (nSPS) is 15.7. The second-order valence-electron chi connectivity index (χ2n) is 6.16. The van der Waals surface area contributed by atoms with Crippen LogP contribution in [-0.2, 0) is 6.61 Å². The second-order valence-corrected chi connectivity index (χ2v) is 7.25. The molecule has 1 saturated carbocycles. The fourth-order valence-corrected chi connectivity index (χ4v) is 3.86. The van der Waals surface area contributed by atoms with Gasteiger partial charge in [0.2, 0.25) is 0 Å². The van der Waals surface area contributed by atoms with Crippen LogP contribution >= 0.6 is 11.3 Å². The van der Waals surface area contributed by atoms with Crippen molar-refractivity contribution < 1.29 is 9.53 Å². The molecule has 0 spiro atoms. The third-order valence-corrected chi connectivity index (χ3v) is 5.36. The molecule has 0 aliphatic heterocycles. The fraction of sp³-hybridized carbons (Fsp3) is 0.500. The third-order valence-electron chi connectivity index (χ3n) is 4.23. The Morgan fingerprint density at radius 1 is 1.33 bits per heavy atom. The van der Waals surface area contributed by atoms with E-state index in [0.29, 0.717) is 23.3 Å². The van der Waals surface area contributed by atoms with Crippen LogP contribution in [0.2, 0.25) is 0 Å². The molecule has 1 amide bonds. The van der Waals surface area contributed by atoms with Gasteiger partial charge < -0.3 is 10.1 Å². The maximum atomic E-state index is 12.5. The summed E-state index contributed by atoms with van der Waals surface area (Å²) < 4.78 is 5.66. The van der Waals surface area contributed by atoms with Crippen molar-refractivity contribution in [1.29, 1.82) is 0 Å². The number of rotatable bonds is 5. The van der Waals surface area contributed by atoms with Crippen molar-refractivity contribution in [2.24, 2.45) is 0 Å². The lowest BCUT2D eigenvalue weighted by molar-refractivity contribution is 0.0936. The van der Waals surface area contributed by atoms with E-state index in [-0.39, 0.29) is 5.91 Å². The number of thiazole rings is 1. The number of nitrogens with zero attached hydrogens (tertiary/aromatic N) is 2. The summed E-state index contributed by atoms with van der Waals surface area (Å²) in [5.74, 6) is 0.708. The Bertz CT molecular complexity index is 664. The molecule has 1 fully saturated rings. The molecule has 1 aliphatic rings. The Morgan fingerprint density at radius 2 is 2.12 bits per heavy atom. The first-order valence-corrected chi connectivity index (χ1v) is 9.34. The molecular formula is C18H23N3O2S. The summed E-state index contributed by atoms with van der Waals surface area (Å²) in [6.45, 7) is 2.24. The molecule has 1 N–H and O–H groups in total. The van der Waals surface area contributed by atoms with Gasteiger partial charge in [-0.15, -0.1) is 11.3 Å². The maximum Gasteiger partial charge on any atom is 0.263 e. The zero-order valence-electron chi connectivity index (χ0n) is 14.0. The highest BCUT2D eigenvalue weighted by atomic mass is 32.1. The molecule has 5 nitrogen and oxygen atoms in total. The summed E-state index contributed by atoms with van der Waals surface area (Å²) in [6.07, 6.45) is 10.5. The van der Waals surface area contributed by atoms with E-state index in [1.54, 1.807) is 12.4 Å². The molecule has 0 saturated heterocycles. The molecular weight excluding hydrogens is 322 g/mol. The summed E-state index contributed by atoms with van der Waals surface area (Å²) in [4.78, 5) is 21.7. The molecule has 128 valence electrons. The number of pyridine rings is 1. The van der Waals surface area contributed by atoms with E-state index in [9.17, 15) is 4.79 Å². The van der Waals surface area contributed by atoms with Crippen molar-refractivity contribution in [3.05, 3.63) is 40.1 Å². The smallest absolute Gasteiger partial charge is 0.263 e. The third kappa shape index (κ3) is 4.54. The van der Waals surface area contributed by atoms with Crippen molar-refractivity contribution in [2.45, 2.75) is 58.1 Å².